The first kappa shape index (κ1) is 12.9. The molecule has 0 amide bonds. The Balaban J connectivity index is 1.39. The smallest absolute Gasteiger partial charge is 0.231 e. The summed E-state index contributed by atoms with van der Waals surface area (Å²) in [7, 11) is 0. The van der Waals surface area contributed by atoms with Crippen molar-refractivity contribution in [3.05, 3.63) is 23.9 Å². The zero-order valence-electron chi connectivity index (χ0n) is 12.3. The van der Waals surface area contributed by atoms with Crippen LogP contribution < -0.4 is 0 Å². The van der Waals surface area contributed by atoms with Gasteiger partial charge in [0.2, 0.25) is 5.89 Å². The lowest BCUT2D eigenvalue weighted by Crippen LogP contribution is -2.22. The molecule has 4 rings (SSSR count). The molecular weight excluding hydrogens is 268 g/mol. The summed E-state index contributed by atoms with van der Waals surface area (Å²) in [4.78, 5) is 11.3. The third kappa shape index (κ3) is 2.57. The van der Waals surface area contributed by atoms with Crippen molar-refractivity contribution in [2.24, 2.45) is 0 Å². The van der Waals surface area contributed by atoms with E-state index in [1.807, 2.05) is 4.68 Å². The predicted molar refractivity (Wildman–Crippen MR) is 74.6 cm³/mol. The van der Waals surface area contributed by atoms with Gasteiger partial charge in [-0.05, 0) is 32.7 Å². The van der Waals surface area contributed by atoms with E-state index in [9.17, 15) is 0 Å². The second kappa shape index (κ2) is 5.22. The highest BCUT2D eigenvalue weighted by atomic mass is 16.5. The van der Waals surface area contributed by atoms with Crippen LogP contribution >= 0.6 is 0 Å². The van der Waals surface area contributed by atoms with Gasteiger partial charge in [0.25, 0.3) is 0 Å². The van der Waals surface area contributed by atoms with Gasteiger partial charge in [-0.25, -0.2) is 9.67 Å². The van der Waals surface area contributed by atoms with Crippen molar-refractivity contribution in [1.29, 1.82) is 0 Å². The van der Waals surface area contributed by atoms with E-state index < -0.39 is 0 Å². The van der Waals surface area contributed by atoms with E-state index in [2.05, 4.69) is 32.0 Å². The van der Waals surface area contributed by atoms with Crippen molar-refractivity contribution in [1.82, 2.24) is 29.8 Å². The van der Waals surface area contributed by atoms with Crippen LogP contribution in [0.5, 0.6) is 0 Å². The van der Waals surface area contributed by atoms with Gasteiger partial charge in [-0.15, -0.1) is 0 Å². The van der Waals surface area contributed by atoms with Gasteiger partial charge in [0.1, 0.15) is 12.2 Å². The number of likely N-dealkylation sites (tertiary alicyclic amines) is 1. The number of aryl methyl sites for hydroxylation is 1. The third-order valence-corrected chi connectivity index (χ3v) is 4.38. The number of hydrogen-bond acceptors (Lipinski definition) is 6. The molecule has 0 aromatic carbocycles. The monoisotopic (exact) mass is 288 g/mol. The van der Waals surface area contributed by atoms with E-state index in [0.717, 1.165) is 50.1 Å². The summed E-state index contributed by atoms with van der Waals surface area (Å²) >= 11 is 0. The molecule has 3 heterocycles. The maximum absolute atomic E-state index is 5.46. The lowest BCUT2D eigenvalue weighted by molar-refractivity contribution is 0.297. The molecule has 1 aliphatic heterocycles. The van der Waals surface area contributed by atoms with Gasteiger partial charge in [-0.1, -0.05) is 5.16 Å². The van der Waals surface area contributed by atoms with Gasteiger partial charge in [-0.3, -0.25) is 4.90 Å². The van der Waals surface area contributed by atoms with Crippen LogP contribution in [0.25, 0.3) is 0 Å². The van der Waals surface area contributed by atoms with E-state index in [1.54, 1.807) is 6.33 Å². The minimum absolute atomic E-state index is 0.364. The summed E-state index contributed by atoms with van der Waals surface area (Å²) in [6.07, 6.45) is 5.13. The number of hydrogen-bond donors (Lipinski definition) is 0. The Morgan fingerprint density at radius 3 is 3.00 bits per heavy atom. The highest BCUT2D eigenvalue weighted by molar-refractivity contribution is 5.06. The lowest BCUT2D eigenvalue weighted by Gasteiger charge is -2.14. The molecule has 7 heteroatoms. The van der Waals surface area contributed by atoms with Gasteiger partial charge >= 0.3 is 0 Å². The molecule has 112 valence electrons. The molecule has 1 atom stereocenters. The van der Waals surface area contributed by atoms with Crippen LogP contribution in [0.3, 0.4) is 0 Å². The first-order valence-electron chi connectivity index (χ1n) is 7.76. The van der Waals surface area contributed by atoms with Crippen molar-refractivity contribution >= 4 is 0 Å². The molecule has 2 fully saturated rings. The second-order valence-electron chi connectivity index (χ2n) is 5.98. The molecule has 0 bridgehead atoms. The highest BCUT2D eigenvalue weighted by Gasteiger charge is 2.33. The molecule has 0 N–H and O–H groups in total. The molecule has 2 aliphatic rings. The first-order chi connectivity index (χ1) is 10.3. The minimum Gasteiger partial charge on any atom is -0.339 e. The summed E-state index contributed by atoms with van der Waals surface area (Å²) in [5.41, 5.74) is 0. The summed E-state index contributed by atoms with van der Waals surface area (Å²) < 4.78 is 7.41. The number of aromatic nitrogens is 5. The Kier molecular flexibility index (Phi) is 3.21. The Morgan fingerprint density at radius 2 is 2.19 bits per heavy atom. The molecule has 2 aromatic heterocycles. The second-order valence-corrected chi connectivity index (χ2v) is 5.98. The Bertz CT molecular complexity index is 617. The van der Waals surface area contributed by atoms with Crippen LogP contribution in [-0.2, 0) is 13.1 Å². The molecule has 1 saturated heterocycles. The molecule has 1 saturated carbocycles. The molecule has 0 spiro atoms. The van der Waals surface area contributed by atoms with Gasteiger partial charge in [0, 0.05) is 19.0 Å². The quantitative estimate of drug-likeness (QED) is 0.831. The predicted octanol–water partition coefficient (Wildman–Crippen LogP) is 1.55. The van der Waals surface area contributed by atoms with Gasteiger partial charge in [0.15, 0.2) is 5.82 Å². The maximum Gasteiger partial charge on any atom is 0.231 e. The Morgan fingerprint density at radius 1 is 1.29 bits per heavy atom. The minimum atomic E-state index is 0.364. The lowest BCUT2D eigenvalue weighted by atomic mass is 10.1. The van der Waals surface area contributed by atoms with Crippen LogP contribution in [0.15, 0.2) is 10.9 Å². The zero-order valence-corrected chi connectivity index (χ0v) is 12.3. The SMILES string of the molecule is CCn1ncnc1CN1CC[C@@H](c2nc(C3CC3)no2)C1. The van der Waals surface area contributed by atoms with E-state index >= 15 is 0 Å². The summed E-state index contributed by atoms with van der Waals surface area (Å²) in [6, 6.07) is 0. The molecule has 1 aliphatic carbocycles. The van der Waals surface area contributed by atoms with Crippen molar-refractivity contribution in [2.75, 3.05) is 13.1 Å². The van der Waals surface area contributed by atoms with Gasteiger partial charge < -0.3 is 4.52 Å². The van der Waals surface area contributed by atoms with Crippen molar-refractivity contribution in [3.63, 3.8) is 0 Å². The van der Waals surface area contributed by atoms with Gasteiger partial charge in [-0.2, -0.15) is 10.1 Å². The average Bonchev–Trinajstić information content (AvgIpc) is 2.95. The van der Waals surface area contributed by atoms with E-state index in [4.69, 9.17) is 4.52 Å². The topological polar surface area (TPSA) is 72.9 Å². The number of nitrogens with zero attached hydrogens (tertiary/aromatic N) is 6. The van der Waals surface area contributed by atoms with Gasteiger partial charge in [0.05, 0.1) is 12.5 Å². The van der Waals surface area contributed by atoms with Crippen LogP contribution in [0.1, 0.15) is 55.6 Å². The fourth-order valence-electron chi connectivity index (χ4n) is 2.97. The van der Waals surface area contributed by atoms with E-state index in [-0.39, 0.29) is 0 Å². The van der Waals surface area contributed by atoms with E-state index in [1.165, 1.54) is 12.8 Å². The Hall–Kier alpha value is -1.76. The van der Waals surface area contributed by atoms with Crippen molar-refractivity contribution < 1.29 is 4.52 Å². The highest BCUT2D eigenvalue weighted by Crippen LogP contribution is 2.39. The van der Waals surface area contributed by atoms with Crippen molar-refractivity contribution in [2.45, 2.75) is 51.1 Å². The Labute approximate surface area is 123 Å². The zero-order chi connectivity index (χ0) is 14.2. The van der Waals surface area contributed by atoms with Crippen LogP contribution in [-0.4, -0.2) is 42.9 Å². The summed E-state index contributed by atoms with van der Waals surface area (Å²) in [6.45, 7) is 5.79. The molecule has 7 nitrogen and oxygen atoms in total. The molecular formula is C14H20N6O. The average molecular weight is 288 g/mol. The fourth-order valence-corrected chi connectivity index (χ4v) is 2.97. The largest absolute Gasteiger partial charge is 0.339 e. The molecule has 0 radical (unpaired) electrons. The third-order valence-electron chi connectivity index (χ3n) is 4.38. The van der Waals surface area contributed by atoms with Crippen LogP contribution in [0, 0.1) is 0 Å². The van der Waals surface area contributed by atoms with Crippen LogP contribution in [0.4, 0.5) is 0 Å². The normalized spacial score (nSPS) is 23.0. The molecule has 21 heavy (non-hydrogen) atoms. The molecule has 0 unspecified atom stereocenters. The van der Waals surface area contributed by atoms with E-state index in [0.29, 0.717) is 11.8 Å². The maximum atomic E-state index is 5.46. The first-order valence-corrected chi connectivity index (χ1v) is 7.76. The molecule has 2 aromatic rings. The van der Waals surface area contributed by atoms with Crippen LogP contribution in [0.2, 0.25) is 0 Å². The number of rotatable bonds is 5. The summed E-state index contributed by atoms with van der Waals surface area (Å²) in [5, 5.41) is 8.34. The standard InChI is InChI=1S/C14H20N6O/c1-2-20-12(15-9-16-20)8-19-6-5-11(7-19)14-17-13(18-21-14)10-3-4-10/h9-11H,2-8H2,1H3/t11-/m1/s1. The fraction of sp³-hybridized carbons (Fsp3) is 0.714. The summed E-state index contributed by atoms with van der Waals surface area (Å²) in [5.74, 6) is 3.68. The van der Waals surface area contributed by atoms with Crippen molar-refractivity contribution in [3.8, 4) is 0 Å².